The maximum Gasteiger partial charge on any atom is 0.272 e. The Hall–Kier alpha value is -3.00. The molecule has 0 spiro atoms. The van der Waals surface area contributed by atoms with E-state index < -0.39 is 15.9 Å². The van der Waals surface area contributed by atoms with Crippen LogP contribution in [0.2, 0.25) is 0 Å². The van der Waals surface area contributed by atoms with Crippen molar-refractivity contribution in [1.82, 2.24) is 24.6 Å². The van der Waals surface area contributed by atoms with Crippen LogP contribution in [-0.4, -0.2) is 46.0 Å². The average molecular weight is 477 g/mol. The molecule has 4 rings (SSSR count). The van der Waals surface area contributed by atoms with Crippen molar-refractivity contribution in [2.45, 2.75) is 17.8 Å². The Morgan fingerprint density at radius 3 is 2.74 bits per heavy atom. The van der Waals surface area contributed by atoms with Gasteiger partial charge < -0.3 is 4.52 Å². The van der Waals surface area contributed by atoms with Crippen molar-refractivity contribution in [3.05, 3.63) is 58.8 Å². The van der Waals surface area contributed by atoms with Gasteiger partial charge in [0, 0.05) is 12.6 Å². The number of hydrogen-bond donors (Lipinski definition) is 1. The van der Waals surface area contributed by atoms with Crippen LogP contribution in [-0.2, 0) is 16.6 Å². The molecule has 160 valence electrons. The Labute approximate surface area is 185 Å². The third kappa shape index (κ3) is 4.54. The molecule has 13 heteroatoms. The van der Waals surface area contributed by atoms with Crippen molar-refractivity contribution < 1.29 is 17.7 Å². The van der Waals surface area contributed by atoms with Crippen LogP contribution in [0.5, 0.6) is 0 Å². The number of amides is 1. The minimum atomic E-state index is -3.97. The number of thiophene rings is 1. The summed E-state index contributed by atoms with van der Waals surface area (Å²) >= 11 is 2.21. The minimum absolute atomic E-state index is 0.0815. The lowest BCUT2D eigenvalue weighted by Crippen LogP contribution is -2.26. The second-order valence-corrected chi connectivity index (χ2v) is 10.5. The van der Waals surface area contributed by atoms with Gasteiger partial charge in [0.1, 0.15) is 0 Å². The molecule has 0 aliphatic heterocycles. The fourth-order valence-corrected chi connectivity index (χ4v) is 5.44. The van der Waals surface area contributed by atoms with Gasteiger partial charge in [0.15, 0.2) is 0 Å². The number of anilines is 1. The summed E-state index contributed by atoms with van der Waals surface area (Å²) in [5.41, 5.74) is 1.26. The fraction of sp³-hybridized carbons (Fsp3) is 0.167. The topological polar surface area (TPSA) is 131 Å². The summed E-state index contributed by atoms with van der Waals surface area (Å²) in [5.74, 6) is 0.151. The van der Waals surface area contributed by atoms with Gasteiger partial charge in [-0.15, -0.1) is 21.5 Å². The van der Waals surface area contributed by atoms with Crippen molar-refractivity contribution in [2.75, 3.05) is 12.4 Å². The van der Waals surface area contributed by atoms with Gasteiger partial charge >= 0.3 is 0 Å². The Bertz CT molecular complexity index is 1310. The standard InChI is InChI=1S/C18H16N6O4S3/c1-11-6-3-4-7-12(11)16(25)20-17-21-22-18(30-17)31(26,27)24(2)10-14-19-15(23-28-14)13-8-5-9-29-13/h3-9H,10H2,1-2H3,(H,20,21,25). The lowest BCUT2D eigenvalue weighted by Gasteiger charge is -2.11. The van der Waals surface area contributed by atoms with Crippen LogP contribution in [0.3, 0.4) is 0 Å². The number of aromatic nitrogens is 4. The number of rotatable bonds is 7. The Morgan fingerprint density at radius 2 is 2.00 bits per heavy atom. The van der Waals surface area contributed by atoms with Gasteiger partial charge in [-0.25, -0.2) is 8.42 Å². The number of sulfonamides is 1. The zero-order valence-corrected chi connectivity index (χ0v) is 18.8. The molecular formula is C18H16N6O4S3. The van der Waals surface area contributed by atoms with E-state index in [-0.39, 0.29) is 21.9 Å². The van der Waals surface area contributed by atoms with Crippen molar-refractivity contribution >= 4 is 43.7 Å². The number of carbonyl (C=O) groups is 1. The van der Waals surface area contributed by atoms with E-state index in [1.807, 2.05) is 23.6 Å². The quantitative estimate of drug-likeness (QED) is 0.403. The van der Waals surface area contributed by atoms with Crippen LogP contribution in [0.15, 0.2) is 50.6 Å². The molecule has 0 saturated carbocycles. The molecule has 31 heavy (non-hydrogen) atoms. The highest BCUT2D eigenvalue weighted by Crippen LogP contribution is 2.25. The second-order valence-electron chi connectivity index (χ2n) is 6.39. The number of aryl methyl sites for hydroxylation is 1. The molecule has 1 aromatic carbocycles. The zero-order chi connectivity index (χ0) is 22.0. The van der Waals surface area contributed by atoms with Gasteiger partial charge in [-0.2, -0.15) is 9.29 Å². The molecule has 0 radical (unpaired) electrons. The van der Waals surface area contributed by atoms with Crippen LogP contribution in [0, 0.1) is 6.92 Å². The summed E-state index contributed by atoms with van der Waals surface area (Å²) < 4.78 is 31.6. The number of nitrogens with one attached hydrogen (secondary N) is 1. The highest BCUT2D eigenvalue weighted by Gasteiger charge is 2.28. The lowest BCUT2D eigenvalue weighted by atomic mass is 10.1. The van der Waals surface area contributed by atoms with Crippen LogP contribution in [0.4, 0.5) is 5.13 Å². The van der Waals surface area contributed by atoms with Crippen LogP contribution < -0.4 is 5.32 Å². The molecule has 0 fully saturated rings. The van der Waals surface area contributed by atoms with Gasteiger partial charge in [0.05, 0.1) is 11.4 Å². The largest absolute Gasteiger partial charge is 0.337 e. The molecule has 1 N–H and O–H groups in total. The molecule has 0 aliphatic carbocycles. The van der Waals surface area contributed by atoms with Crippen LogP contribution in [0.25, 0.3) is 10.7 Å². The van der Waals surface area contributed by atoms with Gasteiger partial charge in [-0.05, 0) is 30.0 Å². The second kappa shape index (κ2) is 8.63. The Kier molecular flexibility index (Phi) is 5.91. The molecule has 3 heterocycles. The number of hydrogen-bond acceptors (Lipinski definition) is 10. The molecule has 0 bridgehead atoms. The third-order valence-electron chi connectivity index (χ3n) is 4.22. The van der Waals surface area contributed by atoms with Gasteiger partial charge in [-0.3, -0.25) is 10.1 Å². The highest BCUT2D eigenvalue weighted by atomic mass is 32.2. The molecule has 0 unspecified atom stereocenters. The summed E-state index contributed by atoms with van der Waals surface area (Å²) in [7, 11) is -2.60. The third-order valence-corrected chi connectivity index (χ3v) is 8.07. The normalized spacial score (nSPS) is 11.7. The first-order valence-corrected chi connectivity index (χ1v) is 12.0. The van der Waals surface area contributed by atoms with Gasteiger partial charge in [0.2, 0.25) is 21.2 Å². The maximum absolute atomic E-state index is 12.8. The Morgan fingerprint density at radius 1 is 1.19 bits per heavy atom. The molecule has 10 nitrogen and oxygen atoms in total. The summed E-state index contributed by atoms with van der Waals surface area (Å²) in [6.45, 7) is 1.67. The van der Waals surface area contributed by atoms with E-state index >= 15 is 0 Å². The van der Waals surface area contributed by atoms with E-state index in [2.05, 4.69) is 25.7 Å². The first kappa shape index (κ1) is 21.2. The first-order chi connectivity index (χ1) is 14.8. The van der Waals surface area contributed by atoms with E-state index in [1.165, 1.54) is 18.4 Å². The number of nitrogens with zero attached hydrogens (tertiary/aromatic N) is 5. The number of benzene rings is 1. The van der Waals surface area contributed by atoms with Crippen molar-refractivity contribution in [1.29, 1.82) is 0 Å². The van der Waals surface area contributed by atoms with Crippen LogP contribution in [0.1, 0.15) is 21.8 Å². The molecule has 1 amide bonds. The molecule has 0 saturated heterocycles. The zero-order valence-electron chi connectivity index (χ0n) is 16.3. The average Bonchev–Trinajstić information content (AvgIpc) is 3.50. The van der Waals surface area contributed by atoms with E-state index in [0.29, 0.717) is 11.4 Å². The predicted octanol–water partition coefficient (Wildman–Crippen LogP) is 3.03. The summed E-state index contributed by atoms with van der Waals surface area (Å²) in [4.78, 5) is 17.5. The summed E-state index contributed by atoms with van der Waals surface area (Å²) in [6, 6.07) is 10.7. The Balaban J connectivity index is 1.46. The summed E-state index contributed by atoms with van der Waals surface area (Å²) in [5, 5.41) is 15.9. The number of carbonyl (C=O) groups excluding carboxylic acids is 1. The predicted molar refractivity (Wildman–Crippen MR) is 115 cm³/mol. The van der Waals surface area contributed by atoms with Gasteiger partial charge in [-0.1, -0.05) is 40.8 Å². The van der Waals surface area contributed by atoms with E-state index in [1.54, 1.807) is 25.1 Å². The van der Waals surface area contributed by atoms with E-state index in [4.69, 9.17) is 4.52 Å². The van der Waals surface area contributed by atoms with Crippen molar-refractivity contribution in [2.24, 2.45) is 0 Å². The van der Waals surface area contributed by atoms with Crippen molar-refractivity contribution in [3.8, 4) is 10.7 Å². The van der Waals surface area contributed by atoms with Crippen molar-refractivity contribution in [3.63, 3.8) is 0 Å². The SMILES string of the molecule is Cc1ccccc1C(=O)Nc1nnc(S(=O)(=O)N(C)Cc2nc(-c3cccs3)no2)s1. The monoisotopic (exact) mass is 476 g/mol. The smallest absolute Gasteiger partial charge is 0.272 e. The molecule has 3 aromatic heterocycles. The molecular weight excluding hydrogens is 460 g/mol. The van der Waals surface area contributed by atoms with E-state index in [0.717, 1.165) is 26.1 Å². The fourth-order valence-electron chi connectivity index (χ4n) is 2.59. The molecule has 0 aliphatic rings. The maximum atomic E-state index is 12.8. The highest BCUT2D eigenvalue weighted by molar-refractivity contribution is 7.91. The summed E-state index contributed by atoms with van der Waals surface area (Å²) in [6.07, 6.45) is 0. The molecule has 4 aromatic rings. The molecule has 0 atom stereocenters. The van der Waals surface area contributed by atoms with E-state index in [9.17, 15) is 13.2 Å². The first-order valence-electron chi connectivity index (χ1n) is 8.88. The van der Waals surface area contributed by atoms with Crippen LogP contribution >= 0.6 is 22.7 Å². The lowest BCUT2D eigenvalue weighted by molar-refractivity contribution is 0.102. The van der Waals surface area contributed by atoms with Gasteiger partial charge in [0.25, 0.3) is 15.9 Å². The minimum Gasteiger partial charge on any atom is -0.337 e.